The first-order chi connectivity index (χ1) is 13.4. The minimum absolute atomic E-state index is 0.115. The molecule has 1 saturated carbocycles. The Hall–Kier alpha value is -1.31. The fraction of sp³-hybridized carbons (Fsp3) is 0.714. The molecule has 0 saturated heterocycles. The average Bonchev–Trinajstić information content (AvgIpc) is 3.17. The lowest BCUT2D eigenvalue weighted by Crippen LogP contribution is -2.52. The van der Waals surface area contributed by atoms with Crippen molar-refractivity contribution in [2.45, 2.75) is 63.8 Å². The molecule has 1 spiro atoms. The molecule has 4 rings (SSSR count). The monoisotopic (exact) mass is 408 g/mol. The molecule has 0 N–H and O–H groups in total. The number of nitrogens with zero attached hydrogens (tertiary/aromatic N) is 2. The van der Waals surface area contributed by atoms with Gasteiger partial charge in [0, 0.05) is 31.6 Å². The van der Waals surface area contributed by atoms with Crippen LogP contribution < -0.4 is 9.47 Å². The van der Waals surface area contributed by atoms with E-state index >= 15 is 0 Å². The summed E-state index contributed by atoms with van der Waals surface area (Å²) in [6.07, 6.45) is 6.18. The van der Waals surface area contributed by atoms with Crippen molar-refractivity contribution < 1.29 is 17.9 Å². The van der Waals surface area contributed by atoms with Crippen LogP contribution in [-0.4, -0.2) is 50.4 Å². The van der Waals surface area contributed by atoms with Gasteiger partial charge in [-0.15, -0.1) is 0 Å². The molecule has 0 radical (unpaired) electrons. The highest BCUT2D eigenvalue weighted by Gasteiger charge is 2.49. The number of fused-ring (bicyclic) bond motifs is 3. The summed E-state index contributed by atoms with van der Waals surface area (Å²) in [5, 5.41) is 0. The van der Waals surface area contributed by atoms with Crippen LogP contribution in [0.5, 0.6) is 11.5 Å². The second-order valence-corrected chi connectivity index (χ2v) is 10.5. The lowest BCUT2D eigenvalue weighted by Gasteiger charge is -2.46. The Labute approximate surface area is 169 Å². The van der Waals surface area contributed by atoms with E-state index in [0.29, 0.717) is 26.3 Å². The van der Waals surface area contributed by atoms with Gasteiger partial charge in [0.05, 0.1) is 0 Å². The van der Waals surface area contributed by atoms with Crippen LogP contribution in [0.3, 0.4) is 0 Å². The average molecular weight is 409 g/mol. The Bertz CT molecular complexity index is 833. The normalized spacial score (nSPS) is 23.9. The number of hydrogen-bond acceptors (Lipinski definition) is 4. The van der Waals surface area contributed by atoms with Crippen molar-refractivity contribution in [1.29, 1.82) is 0 Å². The molecule has 1 aliphatic carbocycles. The van der Waals surface area contributed by atoms with E-state index in [4.69, 9.17) is 9.47 Å². The summed E-state index contributed by atoms with van der Waals surface area (Å²) in [6, 6.07) is 3.95. The van der Waals surface area contributed by atoms with Crippen LogP contribution >= 0.6 is 0 Å². The van der Waals surface area contributed by atoms with Gasteiger partial charge in [0.25, 0.3) is 10.2 Å². The van der Waals surface area contributed by atoms with Crippen molar-refractivity contribution in [1.82, 2.24) is 8.61 Å². The Morgan fingerprint density at radius 2 is 1.82 bits per heavy atom. The van der Waals surface area contributed by atoms with Crippen molar-refractivity contribution in [2.24, 2.45) is 0 Å². The summed E-state index contributed by atoms with van der Waals surface area (Å²) in [5.74, 6) is 1.54. The lowest BCUT2D eigenvalue weighted by atomic mass is 9.72. The van der Waals surface area contributed by atoms with Crippen molar-refractivity contribution in [3.8, 4) is 11.5 Å². The maximum Gasteiger partial charge on any atom is 0.282 e. The van der Waals surface area contributed by atoms with Gasteiger partial charge in [-0.3, -0.25) is 0 Å². The fourth-order valence-corrected chi connectivity index (χ4v) is 6.66. The maximum atomic E-state index is 13.4. The van der Waals surface area contributed by atoms with E-state index in [2.05, 4.69) is 13.0 Å². The van der Waals surface area contributed by atoms with Crippen molar-refractivity contribution in [3.05, 3.63) is 23.3 Å². The quantitative estimate of drug-likeness (QED) is 0.747. The van der Waals surface area contributed by atoms with Crippen molar-refractivity contribution in [2.75, 3.05) is 33.4 Å². The number of hydrogen-bond donors (Lipinski definition) is 0. The summed E-state index contributed by atoms with van der Waals surface area (Å²) >= 11 is 0. The molecular formula is C21H32N2O4S. The molecule has 2 aliphatic heterocycles. The number of unbranched alkanes of at least 4 members (excludes halogenated alkanes) is 1. The van der Waals surface area contributed by atoms with E-state index in [-0.39, 0.29) is 11.5 Å². The number of ether oxygens (including phenoxy) is 2. The van der Waals surface area contributed by atoms with Gasteiger partial charge in [0.15, 0.2) is 11.5 Å². The maximum absolute atomic E-state index is 13.4. The van der Waals surface area contributed by atoms with Crippen LogP contribution in [0.4, 0.5) is 0 Å². The first-order valence-electron chi connectivity index (χ1n) is 10.6. The highest BCUT2D eigenvalue weighted by Crippen LogP contribution is 2.52. The Balaban J connectivity index is 1.77. The lowest BCUT2D eigenvalue weighted by molar-refractivity contribution is 0.167. The van der Waals surface area contributed by atoms with Gasteiger partial charge in [0.2, 0.25) is 0 Å². The van der Waals surface area contributed by atoms with Gasteiger partial charge in [-0.05, 0) is 49.4 Å². The summed E-state index contributed by atoms with van der Waals surface area (Å²) in [7, 11) is -1.81. The number of rotatable bonds is 5. The molecule has 1 atom stereocenters. The molecule has 3 aliphatic rings. The highest BCUT2D eigenvalue weighted by molar-refractivity contribution is 7.86. The van der Waals surface area contributed by atoms with Crippen LogP contribution in [0.25, 0.3) is 0 Å². The second-order valence-electron chi connectivity index (χ2n) is 8.47. The summed E-state index contributed by atoms with van der Waals surface area (Å²) < 4.78 is 41.8. The Morgan fingerprint density at radius 1 is 1.18 bits per heavy atom. The van der Waals surface area contributed by atoms with Gasteiger partial charge in [-0.2, -0.15) is 17.0 Å². The van der Waals surface area contributed by atoms with Gasteiger partial charge in [-0.25, -0.2) is 0 Å². The predicted molar refractivity (Wildman–Crippen MR) is 109 cm³/mol. The van der Waals surface area contributed by atoms with E-state index < -0.39 is 10.2 Å². The second kappa shape index (κ2) is 7.50. The van der Waals surface area contributed by atoms with E-state index in [9.17, 15) is 8.42 Å². The van der Waals surface area contributed by atoms with Gasteiger partial charge >= 0.3 is 0 Å². The SMILES string of the molecule is CCCCN(C)S(=O)(=O)N1CC2(CCCC2)c2cc3c(cc2C1C)OCCO3. The third kappa shape index (κ3) is 3.21. The summed E-state index contributed by atoms with van der Waals surface area (Å²) in [6.45, 7) is 6.30. The van der Waals surface area contributed by atoms with Crippen LogP contribution in [0.1, 0.15) is 69.5 Å². The van der Waals surface area contributed by atoms with Crippen LogP contribution in [0, 0.1) is 0 Å². The molecule has 0 bridgehead atoms. The molecule has 0 aromatic heterocycles. The van der Waals surface area contributed by atoms with E-state index in [1.54, 1.807) is 11.4 Å². The minimum Gasteiger partial charge on any atom is -0.486 e. The van der Waals surface area contributed by atoms with Gasteiger partial charge in [-0.1, -0.05) is 26.2 Å². The van der Waals surface area contributed by atoms with Crippen LogP contribution in [-0.2, 0) is 15.6 Å². The molecule has 1 aromatic carbocycles. The molecule has 156 valence electrons. The summed E-state index contributed by atoms with van der Waals surface area (Å²) in [4.78, 5) is 0. The molecular weight excluding hydrogens is 376 g/mol. The van der Waals surface area contributed by atoms with Crippen LogP contribution in [0.15, 0.2) is 12.1 Å². The molecule has 7 heteroatoms. The van der Waals surface area contributed by atoms with Gasteiger partial charge in [0.1, 0.15) is 13.2 Å². The van der Waals surface area contributed by atoms with Crippen LogP contribution in [0.2, 0.25) is 0 Å². The summed E-state index contributed by atoms with van der Waals surface area (Å²) in [5.41, 5.74) is 2.23. The highest BCUT2D eigenvalue weighted by atomic mass is 32.2. The zero-order valence-corrected chi connectivity index (χ0v) is 18.1. The predicted octanol–water partition coefficient (Wildman–Crippen LogP) is 3.62. The van der Waals surface area contributed by atoms with E-state index in [1.165, 1.54) is 9.87 Å². The standard InChI is InChI=1S/C21H32N2O4S/c1-4-5-10-22(3)28(24,25)23-15-21(8-6-7-9-21)18-14-20-19(26-11-12-27-20)13-17(18)16(23)2/h13-14,16H,4-12,15H2,1-3H3. The zero-order chi connectivity index (χ0) is 19.9. The number of benzene rings is 1. The minimum atomic E-state index is -3.52. The van der Waals surface area contributed by atoms with E-state index in [0.717, 1.165) is 55.6 Å². The molecule has 2 heterocycles. The largest absolute Gasteiger partial charge is 0.486 e. The first-order valence-corrected chi connectivity index (χ1v) is 12.0. The Morgan fingerprint density at radius 3 is 2.46 bits per heavy atom. The third-order valence-corrected chi connectivity index (χ3v) is 8.71. The molecule has 0 amide bonds. The third-order valence-electron chi connectivity index (χ3n) is 6.70. The van der Waals surface area contributed by atoms with Crippen molar-refractivity contribution in [3.63, 3.8) is 0 Å². The first kappa shape index (κ1) is 20.0. The molecule has 6 nitrogen and oxygen atoms in total. The van der Waals surface area contributed by atoms with Crippen molar-refractivity contribution >= 4 is 10.2 Å². The molecule has 28 heavy (non-hydrogen) atoms. The van der Waals surface area contributed by atoms with Gasteiger partial charge < -0.3 is 9.47 Å². The Kier molecular flexibility index (Phi) is 5.35. The molecule has 1 aromatic rings. The van der Waals surface area contributed by atoms with E-state index in [1.807, 2.05) is 13.0 Å². The molecule has 1 unspecified atom stereocenters. The smallest absolute Gasteiger partial charge is 0.282 e. The molecule has 1 fully saturated rings. The topological polar surface area (TPSA) is 59.1 Å². The zero-order valence-electron chi connectivity index (χ0n) is 17.2. The fourth-order valence-electron chi connectivity index (χ4n) is 5.02.